The largest absolute Gasteiger partial charge is 0.382 e. The maximum atomic E-state index is 11.1. The quantitative estimate of drug-likeness (QED) is 0.797. The lowest BCUT2D eigenvalue weighted by Crippen LogP contribution is -2.29. The number of carbonyl (C=O) groups is 1. The van der Waals surface area contributed by atoms with Crippen molar-refractivity contribution in [1.29, 1.82) is 0 Å². The molecule has 0 spiro atoms. The molecule has 0 radical (unpaired) electrons. The average molecular weight is 237 g/mol. The van der Waals surface area contributed by atoms with Crippen LogP contribution in [0.4, 0.5) is 11.6 Å². The number of carbonyl (C=O) groups excluding carboxylic acids is 1. The van der Waals surface area contributed by atoms with E-state index in [-0.39, 0.29) is 17.6 Å². The molecule has 0 aliphatic rings. The molecule has 6 nitrogen and oxygen atoms in total. The summed E-state index contributed by atoms with van der Waals surface area (Å²) in [4.78, 5) is 21.5. The number of aromatic nitrogens is 2. The summed E-state index contributed by atoms with van der Waals surface area (Å²) in [6.45, 7) is 6.03. The Morgan fingerprint density at radius 3 is 2.41 bits per heavy atom. The Morgan fingerprint density at radius 1 is 1.41 bits per heavy atom. The van der Waals surface area contributed by atoms with Crippen molar-refractivity contribution in [3.8, 4) is 0 Å². The van der Waals surface area contributed by atoms with Crippen molar-refractivity contribution in [2.45, 2.75) is 33.2 Å². The van der Waals surface area contributed by atoms with Crippen molar-refractivity contribution in [3.05, 3.63) is 11.4 Å². The van der Waals surface area contributed by atoms with Gasteiger partial charge in [-0.05, 0) is 20.3 Å². The van der Waals surface area contributed by atoms with E-state index in [2.05, 4.69) is 9.97 Å². The predicted molar refractivity (Wildman–Crippen MR) is 67.9 cm³/mol. The van der Waals surface area contributed by atoms with E-state index >= 15 is 0 Å². The first-order valence-electron chi connectivity index (χ1n) is 5.57. The number of rotatable bonds is 4. The zero-order valence-electron chi connectivity index (χ0n) is 10.7. The minimum Gasteiger partial charge on any atom is -0.382 e. The third-order valence-corrected chi connectivity index (χ3v) is 2.65. The normalized spacial score (nSPS) is 10.6. The van der Waals surface area contributed by atoms with Crippen molar-refractivity contribution >= 4 is 17.5 Å². The molecular formula is C11H19N5O. The number of primary amides is 1. The summed E-state index contributed by atoms with van der Waals surface area (Å²) < 4.78 is 0. The Balaban J connectivity index is 3.33. The molecule has 0 saturated heterocycles. The van der Waals surface area contributed by atoms with Gasteiger partial charge in [0.1, 0.15) is 0 Å². The molecule has 94 valence electrons. The van der Waals surface area contributed by atoms with Gasteiger partial charge in [-0.1, -0.05) is 6.92 Å². The molecule has 1 rings (SSSR count). The molecule has 0 atom stereocenters. The van der Waals surface area contributed by atoms with E-state index < -0.39 is 5.91 Å². The van der Waals surface area contributed by atoms with Gasteiger partial charge in [0.15, 0.2) is 17.3 Å². The maximum absolute atomic E-state index is 11.1. The minimum atomic E-state index is -0.650. The van der Waals surface area contributed by atoms with Crippen LogP contribution in [0.15, 0.2) is 0 Å². The van der Waals surface area contributed by atoms with E-state index in [0.717, 1.165) is 5.69 Å². The highest BCUT2D eigenvalue weighted by atomic mass is 16.1. The summed E-state index contributed by atoms with van der Waals surface area (Å²) >= 11 is 0. The average Bonchev–Trinajstić information content (AvgIpc) is 2.27. The molecule has 0 aliphatic carbocycles. The lowest BCUT2D eigenvalue weighted by molar-refractivity contribution is 0.0996. The standard InChI is InChI=1S/C11H19N5O/c1-5-7-11(16(4)6(2)3)15-9(12)8(14-7)10(13)17/h6H,5H2,1-4H3,(H2,12,15)(H2,13,17). The fourth-order valence-corrected chi connectivity index (χ4v) is 1.42. The van der Waals surface area contributed by atoms with Crippen molar-refractivity contribution in [1.82, 2.24) is 9.97 Å². The first kappa shape index (κ1) is 13.2. The Hall–Kier alpha value is -1.85. The Kier molecular flexibility index (Phi) is 3.88. The molecule has 0 aromatic carbocycles. The highest BCUT2D eigenvalue weighted by molar-refractivity contribution is 5.95. The molecule has 17 heavy (non-hydrogen) atoms. The maximum Gasteiger partial charge on any atom is 0.271 e. The van der Waals surface area contributed by atoms with Crippen LogP contribution in [0, 0.1) is 0 Å². The van der Waals surface area contributed by atoms with Crippen LogP contribution >= 0.6 is 0 Å². The van der Waals surface area contributed by atoms with Gasteiger partial charge in [0.05, 0.1) is 5.69 Å². The van der Waals surface area contributed by atoms with Crippen molar-refractivity contribution < 1.29 is 4.79 Å². The summed E-state index contributed by atoms with van der Waals surface area (Å²) in [5.41, 5.74) is 11.6. The number of anilines is 2. The molecule has 0 aliphatic heterocycles. The van der Waals surface area contributed by atoms with Gasteiger partial charge in [-0.2, -0.15) is 0 Å². The molecule has 1 aromatic rings. The number of nitrogens with zero attached hydrogens (tertiary/aromatic N) is 3. The predicted octanol–water partition coefficient (Wildman–Crippen LogP) is 0.565. The first-order valence-corrected chi connectivity index (χ1v) is 5.57. The van der Waals surface area contributed by atoms with Gasteiger partial charge in [0, 0.05) is 13.1 Å². The number of nitrogens with two attached hydrogens (primary N) is 2. The fourth-order valence-electron chi connectivity index (χ4n) is 1.42. The van der Waals surface area contributed by atoms with Crippen LogP contribution in [-0.4, -0.2) is 29.0 Å². The molecule has 0 unspecified atom stereocenters. The number of hydrogen-bond acceptors (Lipinski definition) is 5. The summed E-state index contributed by atoms with van der Waals surface area (Å²) in [7, 11) is 1.91. The van der Waals surface area contributed by atoms with Crippen LogP contribution in [-0.2, 0) is 6.42 Å². The van der Waals surface area contributed by atoms with Gasteiger partial charge in [0.25, 0.3) is 5.91 Å². The van der Waals surface area contributed by atoms with Crippen LogP contribution in [0.1, 0.15) is 37.0 Å². The highest BCUT2D eigenvalue weighted by Crippen LogP contribution is 2.20. The van der Waals surface area contributed by atoms with Crippen molar-refractivity contribution in [2.75, 3.05) is 17.7 Å². The van der Waals surface area contributed by atoms with E-state index in [0.29, 0.717) is 12.2 Å². The third-order valence-electron chi connectivity index (χ3n) is 2.65. The number of aryl methyl sites for hydroxylation is 1. The molecule has 1 amide bonds. The SMILES string of the molecule is CCc1nc(C(N)=O)c(N)nc1N(C)C(C)C. The zero-order chi connectivity index (χ0) is 13.2. The molecular weight excluding hydrogens is 218 g/mol. The Bertz CT molecular complexity index is 430. The van der Waals surface area contributed by atoms with E-state index in [9.17, 15) is 4.79 Å². The van der Waals surface area contributed by atoms with Crippen LogP contribution in [0.5, 0.6) is 0 Å². The Labute approximate surface area is 101 Å². The zero-order valence-corrected chi connectivity index (χ0v) is 10.7. The molecule has 1 heterocycles. The summed E-state index contributed by atoms with van der Waals surface area (Å²) in [5.74, 6) is 0.130. The van der Waals surface area contributed by atoms with Crippen LogP contribution in [0.3, 0.4) is 0 Å². The molecule has 0 bridgehead atoms. The number of hydrogen-bond donors (Lipinski definition) is 2. The molecule has 4 N–H and O–H groups in total. The van der Waals surface area contributed by atoms with Gasteiger partial charge in [-0.25, -0.2) is 9.97 Å². The minimum absolute atomic E-state index is 0.0442. The van der Waals surface area contributed by atoms with Gasteiger partial charge >= 0.3 is 0 Å². The lowest BCUT2D eigenvalue weighted by atomic mass is 10.2. The van der Waals surface area contributed by atoms with Gasteiger partial charge < -0.3 is 16.4 Å². The first-order chi connectivity index (χ1) is 7.88. The molecule has 0 saturated carbocycles. The second-order valence-corrected chi connectivity index (χ2v) is 4.15. The van der Waals surface area contributed by atoms with Crippen LogP contribution in [0.2, 0.25) is 0 Å². The van der Waals surface area contributed by atoms with Gasteiger partial charge in [0.2, 0.25) is 0 Å². The third kappa shape index (κ3) is 2.64. The number of nitrogen functional groups attached to an aromatic ring is 1. The second kappa shape index (κ2) is 4.99. The van der Waals surface area contributed by atoms with E-state index in [1.807, 2.05) is 32.7 Å². The van der Waals surface area contributed by atoms with E-state index in [4.69, 9.17) is 11.5 Å². The van der Waals surface area contributed by atoms with Crippen LogP contribution < -0.4 is 16.4 Å². The fraction of sp³-hybridized carbons (Fsp3) is 0.545. The lowest BCUT2D eigenvalue weighted by Gasteiger charge is -2.24. The van der Waals surface area contributed by atoms with Crippen molar-refractivity contribution in [2.24, 2.45) is 5.73 Å². The Morgan fingerprint density at radius 2 is 2.00 bits per heavy atom. The topological polar surface area (TPSA) is 98.1 Å². The second-order valence-electron chi connectivity index (χ2n) is 4.15. The van der Waals surface area contributed by atoms with Gasteiger partial charge in [-0.15, -0.1) is 0 Å². The highest BCUT2D eigenvalue weighted by Gasteiger charge is 2.18. The monoisotopic (exact) mass is 237 g/mol. The van der Waals surface area contributed by atoms with Gasteiger partial charge in [-0.3, -0.25) is 4.79 Å². The summed E-state index contributed by atoms with van der Waals surface area (Å²) in [6, 6.07) is 0.272. The summed E-state index contributed by atoms with van der Waals surface area (Å²) in [6.07, 6.45) is 0.667. The molecule has 0 fully saturated rings. The summed E-state index contributed by atoms with van der Waals surface area (Å²) in [5, 5.41) is 0. The number of amides is 1. The smallest absolute Gasteiger partial charge is 0.271 e. The molecule has 1 aromatic heterocycles. The van der Waals surface area contributed by atoms with Crippen molar-refractivity contribution in [3.63, 3.8) is 0 Å². The van der Waals surface area contributed by atoms with E-state index in [1.165, 1.54) is 0 Å². The molecule has 6 heteroatoms. The van der Waals surface area contributed by atoms with E-state index in [1.54, 1.807) is 0 Å². The van der Waals surface area contributed by atoms with Crippen LogP contribution in [0.25, 0.3) is 0 Å².